The van der Waals surface area contributed by atoms with E-state index in [4.69, 9.17) is 0 Å². The van der Waals surface area contributed by atoms with E-state index < -0.39 is 0 Å². The Kier molecular flexibility index (Phi) is 8.41. The molecule has 2 heteroatoms. The molecule has 0 amide bonds. The second-order valence-corrected chi connectivity index (χ2v) is 10.4. The largest absolute Gasteiger partial charge is 0.326 e. The Morgan fingerprint density at radius 3 is 1.25 bits per heavy atom. The summed E-state index contributed by atoms with van der Waals surface area (Å²) in [7, 11) is 4.95. The van der Waals surface area contributed by atoms with E-state index in [1.54, 1.807) is 0 Å². The molecule has 2 heterocycles. The van der Waals surface area contributed by atoms with Crippen LogP contribution in [0.5, 0.6) is 0 Å². The maximum atomic E-state index is 2.47. The van der Waals surface area contributed by atoms with Crippen molar-refractivity contribution in [3.05, 3.63) is 35.4 Å². The molecule has 0 saturated carbocycles. The van der Waals surface area contributed by atoms with Gasteiger partial charge in [-0.3, -0.25) is 0 Å². The van der Waals surface area contributed by atoms with Crippen LogP contribution in [-0.4, -0.2) is 62.3 Å². The number of likely N-dealkylation sites (tertiary alicyclic amines) is 2. The summed E-state index contributed by atoms with van der Waals surface area (Å²) in [5.74, 6) is 0. The number of hydrogen-bond acceptors (Lipinski definition) is 0. The molecule has 2 nitrogen and oxygen atoms in total. The zero-order valence-corrected chi connectivity index (χ0v) is 18.9. The van der Waals surface area contributed by atoms with Crippen molar-refractivity contribution < 1.29 is 8.97 Å². The fourth-order valence-corrected chi connectivity index (χ4v) is 5.52. The highest BCUT2D eigenvalue weighted by Crippen LogP contribution is 2.19. The van der Waals surface area contributed by atoms with Crippen LogP contribution in [0.15, 0.2) is 24.3 Å². The van der Waals surface area contributed by atoms with Gasteiger partial charge >= 0.3 is 0 Å². The van der Waals surface area contributed by atoms with Crippen LogP contribution in [0.3, 0.4) is 0 Å². The minimum absolute atomic E-state index is 1.26. The monoisotopic (exact) mass is 386 g/mol. The highest BCUT2D eigenvalue weighted by Gasteiger charge is 2.24. The van der Waals surface area contributed by atoms with Crippen molar-refractivity contribution in [2.45, 2.75) is 77.0 Å². The van der Waals surface area contributed by atoms with Gasteiger partial charge in [0.15, 0.2) is 0 Å². The molecular formula is C26H46N2+2. The third-order valence-electron chi connectivity index (χ3n) is 7.64. The smallest absolute Gasteiger partial charge is 0.0784 e. The second kappa shape index (κ2) is 10.8. The molecule has 3 rings (SSSR count). The van der Waals surface area contributed by atoms with Crippen molar-refractivity contribution in [3.63, 3.8) is 0 Å². The predicted octanol–water partition coefficient (Wildman–Crippen LogP) is 5.59. The first-order valence-corrected chi connectivity index (χ1v) is 12.3. The van der Waals surface area contributed by atoms with Crippen molar-refractivity contribution in [3.8, 4) is 0 Å². The molecule has 2 fully saturated rings. The lowest BCUT2D eigenvalue weighted by Gasteiger charge is -2.38. The standard InChI is InChI=1S/C26H46N2/c1-27(19-7-3-8-20-27)23-11-5-13-25-15-17-26(18-16-25)14-6-12-24-28(2)21-9-4-10-22-28/h15-18H,3-14,19-24H2,1-2H3/q+2. The lowest BCUT2D eigenvalue weighted by Crippen LogP contribution is -2.48. The summed E-state index contributed by atoms with van der Waals surface area (Å²) < 4.78 is 2.66. The van der Waals surface area contributed by atoms with E-state index in [9.17, 15) is 0 Å². The molecule has 28 heavy (non-hydrogen) atoms. The number of aryl methyl sites for hydroxylation is 2. The van der Waals surface area contributed by atoms with Gasteiger partial charge in [-0.15, -0.1) is 0 Å². The number of hydrogen-bond donors (Lipinski definition) is 0. The first-order valence-electron chi connectivity index (χ1n) is 12.3. The molecule has 1 aromatic carbocycles. The van der Waals surface area contributed by atoms with Crippen LogP contribution in [-0.2, 0) is 12.8 Å². The summed E-state index contributed by atoms with van der Waals surface area (Å²) in [6.45, 7) is 8.41. The summed E-state index contributed by atoms with van der Waals surface area (Å²) in [6, 6.07) is 9.58. The molecule has 2 saturated heterocycles. The van der Waals surface area contributed by atoms with Crippen molar-refractivity contribution in [1.82, 2.24) is 0 Å². The third-order valence-corrected chi connectivity index (χ3v) is 7.64. The summed E-state index contributed by atoms with van der Waals surface area (Å²) in [4.78, 5) is 0. The van der Waals surface area contributed by atoms with Crippen LogP contribution >= 0.6 is 0 Å². The third kappa shape index (κ3) is 7.19. The molecule has 1 aromatic rings. The Hall–Kier alpha value is -0.860. The summed E-state index contributed by atoms with van der Waals surface area (Å²) in [6.07, 6.45) is 16.7. The van der Waals surface area contributed by atoms with E-state index in [1.807, 2.05) is 0 Å². The zero-order chi connectivity index (χ0) is 19.7. The molecule has 2 aliphatic heterocycles. The molecular weight excluding hydrogens is 340 g/mol. The van der Waals surface area contributed by atoms with Gasteiger partial charge in [-0.25, -0.2) is 0 Å². The maximum absolute atomic E-state index is 2.47. The lowest BCUT2D eigenvalue weighted by molar-refractivity contribution is -0.914. The van der Waals surface area contributed by atoms with Gasteiger partial charge < -0.3 is 8.97 Å². The first kappa shape index (κ1) is 21.8. The van der Waals surface area contributed by atoms with Crippen LogP contribution < -0.4 is 0 Å². The predicted molar refractivity (Wildman–Crippen MR) is 122 cm³/mol. The van der Waals surface area contributed by atoms with Gasteiger partial charge in [0.2, 0.25) is 0 Å². The van der Waals surface area contributed by atoms with E-state index in [1.165, 1.54) is 136 Å². The molecule has 0 N–H and O–H groups in total. The Morgan fingerprint density at radius 1 is 0.536 bits per heavy atom. The molecule has 0 unspecified atom stereocenters. The summed E-state index contributed by atoms with van der Waals surface area (Å²) >= 11 is 0. The van der Waals surface area contributed by atoms with E-state index in [0.717, 1.165) is 0 Å². The van der Waals surface area contributed by atoms with Gasteiger partial charge in [0.1, 0.15) is 0 Å². The summed E-state index contributed by atoms with van der Waals surface area (Å²) in [5, 5.41) is 0. The zero-order valence-electron chi connectivity index (χ0n) is 18.9. The van der Waals surface area contributed by atoms with E-state index in [2.05, 4.69) is 38.4 Å². The highest BCUT2D eigenvalue weighted by molar-refractivity contribution is 5.22. The molecule has 0 atom stereocenters. The number of quaternary nitrogens is 2. The van der Waals surface area contributed by atoms with Crippen LogP contribution in [0, 0.1) is 0 Å². The van der Waals surface area contributed by atoms with E-state index in [-0.39, 0.29) is 0 Å². The van der Waals surface area contributed by atoms with Crippen molar-refractivity contribution in [2.75, 3.05) is 53.4 Å². The Labute approximate surface area is 175 Å². The lowest BCUT2D eigenvalue weighted by atomic mass is 10.0. The van der Waals surface area contributed by atoms with Crippen LogP contribution in [0.4, 0.5) is 0 Å². The fourth-order valence-electron chi connectivity index (χ4n) is 5.52. The quantitative estimate of drug-likeness (QED) is 0.363. The average Bonchev–Trinajstić information content (AvgIpc) is 2.71. The number of piperidine rings is 2. The topological polar surface area (TPSA) is 0 Å². The van der Waals surface area contributed by atoms with Gasteiger partial charge in [-0.05, 0) is 88.2 Å². The Bertz CT molecular complexity index is 499. The SMILES string of the molecule is C[N+]1(CCCCc2ccc(CCCC[N+]3(C)CCCCC3)cc2)CCCCC1. The van der Waals surface area contributed by atoms with Crippen molar-refractivity contribution in [1.29, 1.82) is 0 Å². The number of unbranched alkanes of at least 4 members (excludes halogenated alkanes) is 2. The molecule has 0 spiro atoms. The van der Waals surface area contributed by atoms with Gasteiger partial charge in [-0.1, -0.05) is 24.3 Å². The normalized spacial score (nSPS) is 21.5. The van der Waals surface area contributed by atoms with Crippen LogP contribution in [0.25, 0.3) is 0 Å². The number of rotatable bonds is 10. The van der Waals surface area contributed by atoms with Crippen LogP contribution in [0.2, 0.25) is 0 Å². The van der Waals surface area contributed by atoms with E-state index in [0.29, 0.717) is 0 Å². The molecule has 0 aromatic heterocycles. The molecule has 158 valence electrons. The van der Waals surface area contributed by atoms with Gasteiger partial charge in [0, 0.05) is 0 Å². The van der Waals surface area contributed by atoms with E-state index >= 15 is 0 Å². The van der Waals surface area contributed by atoms with Gasteiger partial charge in [0.25, 0.3) is 0 Å². The highest BCUT2D eigenvalue weighted by atomic mass is 15.3. The minimum atomic E-state index is 1.26. The fraction of sp³-hybridized carbons (Fsp3) is 0.769. The second-order valence-electron chi connectivity index (χ2n) is 10.4. The van der Waals surface area contributed by atoms with Gasteiger partial charge in [-0.2, -0.15) is 0 Å². The Balaban J connectivity index is 1.29. The van der Waals surface area contributed by atoms with Crippen LogP contribution in [0.1, 0.15) is 75.3 Å². The molecule has 2 aliphatic rings. The van der Waals surface area contributed by atoms with Crippen molar-refractivity contribution >= 4 is 0 Å². The molecule has 0 bridgehead atoms. The number of benzene rings is 1. The first-order chi connectivity index (χ1) is 13.6. The minimum Gasteiger partial charge on any atom is -0.326 e. The maximum Gasteiger partial charge on any atom is 0.0784 e. The molecule has 0 radical (unpaired) electrons. The Morgan fingerprint density at radius 2 is 0.893 bits per heavy atom. The number of nitrogens with zero attached hydrogens (tertiary/aromatic N) is 2. The molecule has 0 aliphatic carbocycles. The summed E-state index contributed by atoms with van der Waals surface area (Å²) in [5.41, 5.74) is 3.08. The average molecular weight is 387 g/mol. The van der Waals surface area contributed by atoms with Crippen molar-refractivity contribution in [2.24, 2.45) is 0 Å². The van der Waals surface area contributed by atoms with Gasteiger partial charge in [0.05, 0.1) is 53.4 Å².